The van der Waals surface area contributed by atoms with Gasteiger partial charge in [0.2, 0.25) is 0 Å². The van der Waals surface area contributed by atoms with Gasteiger partial charge >= 0.3 is 5.97 Å². The van der Waals surface area contributed by atoms with E-state index in [1.807, 2.05) is 18.2 Å². The van der Waals surface area contributed by atoms with Crippen LogP contribution in [0.2, 0.25) is 0 Å². The van der Waals surface area contributed by atoms with Crippen LogP contribution in [0.15, 0.2) is 42.5 Å². The van der Waals surface area contributed by atoms with Crippen LogP contribution < -0.4 is 0 Å². The van der Waals surface area contributed by atoms with Gasteiger partial charge in [-0.3, -0.25) is 4.90 Å². The third-order valence-corrected chi connectivity index (χ3v) is 3.10. The molecule has 1 aromatic carbocycles. The first kappa shape index (κ1) is 11.9. The topological polar surface area (TPSA) is 40.5 Å². The molecule has 0 saturated carbocycles. The number of carbonyl (C=O) groups is 1. The van der Waals surface area contributed by atoms with Crippen LogP contribution in [0.3, 0.4) is 0 Å². The molecule has 1 fully saturated rings. The molecule has 0 bridgehead atoms. The third-order valence-electron chi connectivity index (χ3n) is 3.10. The first-order chi connectivity index (χ1) is 8.25. The van der Waals surface area contributed by atoms with Crippen LogP contribution in [0.5, 0.6) is 0 Å². The predicted octanol–water partition coefficient (Wildman–Crippen LogP) is 2.29. The summed E-state index contributed by atoms with van der Waals surface area (Å²) in [6.07, 6.45) is 5.25. The summed E-state index contributed by atoms with van der Waals surface area (Å²) in [6.45, 7) is 1.94. The van der Waals surface area contributed by atoms with Gasteiger partial charge in [0.25, 0.3) is 0 Å². The van der Waals surface area contributed by atoms with Gasteiger partial charge in [-0.05, 0) is 24.9 Å². The van der Waals surface area contributed by atoms with Gasteiger partial charge in [-0.15, -0.1) is 0 Å². The molecule has 1 aliphatic heterocycles. The van der Waals surface area contributed by atoms with Crippen molar-refractivity contribution in [3.05, 3.63) is 48.0 Å². The zero-order chi connectivity index (χ0) is 12.1. The SMILES string of the molecule is O=C(O)C=CC1CCCN1Cc1ccccc1. The highest BCUT2D eigenvalue weighted by Crippen LogP contribution is 2.20. The summed E-state index contributed by atoms with van der Waals surface area (Å²) >= 11 is 0. The maximum absolute atomic E-state index is 10.5. The molecule has 1 heterocycles. The summed E-state index contributed by atoms with van der Waals surface area (Å²) in [5.41, 5.74) is 1.28. The lowest BCUT2D eigenvalue weighted by Crippen LogP contribution is -2.27. The Morgan fingerprint density at radius 2 is 2.18 bits per heavy atom. The molecule has 0 amide bonds. The number of likely N-dealkylation sites (tertiary alicyclic amines) is 1. The second kappa shape index (κ2) is 5.64. The Balaban J connectivity index is 1.98. The number of carboxylic acid groups (broad SMARTS) is 1. The second-order valence-electron chi connectivity index (χ2n) is 4.36. The van der Waals surface area contributed by atoms with E-state index in [2.05, 4.69) is 17.0 Å². The quantitative estimate of drug-likeness (QED) is 0.808. The first-order valence-corrected chi connectivity index (χ1v) is 5.95. The molecule has 2 rings (SSSR count). The number of carboxylic acids is 1. The third kappa shape index (κ3) is 3.43. The van der Waals surface area contributed by atoms with Crippen molar-refractivity contribution in [3.63, 3.8) is 0 Å². The average Bonchev–Trinajstić information content (AvgIpc) is 2.75. The van der Waals surface area contributed by atoms with Crippen LogP contribution in [-0.4, -0.2) is 28.6 Å². The van der Waals surface area contributed by atoms with E-state index in [0.29, 0.717) is 0 Å². The molecule has 0 aliphatic carbocycles. The Morgan fingerprint density at radius 1 is 1.41 bits per heavy atom. The summed E-state index contributed by atoms with van der Waals surface area (Å²) in [5.74, 6) is -0.864. The average molecular weight is 231 g/mol. The lowest BCUT2D eigenvalue weighted by atomic mass is 10.1. The second-order valence-corrected chi connectivity index (χ2v) is 4.36. The highest BCUT2D eigenvalue weighted by molar-refractivity contribution is 5.79. The smallest absolute Gasteiger partial charge is 0.328 e. The molecule has 1 atom stereocenters. The van der Waals surface area contributed by atoms with E-state index in [1.165, 1.54) is 11.6 Å². The monoisotopic (exact) mass is 231 g/mol. The van der Waals surface area contributed by atoms with Crippen molar-refractivity contribution < 1.29 is 9.90 Å². The standard InChI is InChI=1S/C14H17NO2/c16-14(17)9-8-13-7-4-10-15(13)11-12-5-2-1-3-6-12/h1-3,5-6,8-9,13H,4,7,10-11H2,(H,16,17). The number of nitrogens with zero attached hydrogens (tertiary/aromatic N) is 1. The van der Waals surface area contributed by atoms with Gasteiger partial charge in [0, 0.05) is 18.7 Å². The van der Waals surface area contributed by atoms with Gasteiger partial charge in [0.1, 0.15) is 0 Å². The fourth-order valence-corrected chi connectivity index (χ4v) is 2.28. The van der Waals surface area contributed by atoms with E-state index < -0.39 is 5.97 Å². The summed E-state index contributed by atoms with van der Waals surface area (Å²) in [4.78, 5) is 12.8. The van der Waals surface area contributed by atoms with Crippen molar-refractivity contribution in [1.29, 1.82) is 0 Å². The van der Waals surface area contributed by atoms with Crippen LogP contribution in [0, 0.1) is 0 Å². The van der Waals surface area contributed by atoms with E-state index in [9.17, 15) is 4.79 Å². The van der Waals surface area contributed by atoms with Gasteiger partial charge < -0.3 is 5.11 Å². The molecule has 1 unspecified atom stereocenters. The van der Waals surface area contributed by atoms with E-state index in [4.69, 9.17) is 5.11 Å². The van der Waals surface area contributed by atoms with Crippen LogP contribution >= 0.6 is 0 Å². The lowest BCUT2D eigenvalue weighted by molar-refractivity contribution is -0.131. The van der Waals surface area contributed by atoms with Crippen molar-refractivity contribution in [3.8, 4) is 0 Å². The van der Waals surface area contributed by atoms with Gasteiger partial charge in [-0.1, -0.05) is 36.4 Å². The molecule has 1 N–H and O–H groups in total. The van der Waals surface area contributed by atoms with Crippen molar-refractivity contribution in [2.75, 3.05) is 6.54 Å². The molecule has 0 spiro atoms. The minimum absolute atomic E-state index is 0.270. The van der Waals surface area contributed by atoms with Crippen molar-refractivity contribution >= 4 is 5.97 Å². The zero-order valence-electron chi connectivity index (χ0n) is 9.75. The normalized spacial score (nSPS) is 21.1. The highest BCUT2D eigenvalue weighted by Gasteiger charge is 2.22. The van der Waals surface area contributed by atoms with Crippen molar-refractivity contribution in [2.24, 2.45) is 0 Å². The highest BCUT2D eigenvalue weighted by atomic mass is 16.4. The molecule has 17 heavy (non-hydrogen) atoms. The number of hydrogen-bond donors (Lipinski definition) is 1. The van der Waals surface area contributed by atoms with E-state index in [1.54, 1.807) is 6.08 Å². The maximum atomic E-state index is 10.5. The van der Waals surface area contributed by atoms with E-state index in [-0.39, 0.29) is 6.04 Å². The molecule has 90 valence electrons. The number of hydrogen-bond acceptors (Lipinski definition) is 2. The van der Waals surface area contributed by atoms with E-state index >= 15 is 0 Å². The number of aliphatic carboxylic acids is 1. The summed E-state index contributed by atoms with van der Waals surface area (Å²) in [5, 5.41) is 8.64. The van der Waals surface area contributed by atoms with Crippen LogP contribution in [0.4, 0.5) is 0 Å². The lowest BCUT2D eigenvalue weighted by Gasteiger charge is -2.21. The number of rotatable bonds is 4. The van der Waals surface area contributed by atoms with Crippen LogP contribution in [0.1, 0.15) is 18.4 Å². The Kier molecular flexibility index (Phi) is 3.94. The van der Waals surface area contributed by atoms with Gasteiger partial charge in [0.15, 0.2) is 0 Å². The zero-order valence-corrected chi connectivity index (χ0v) is 9.75. The number of benzene rings is 1. The molecule has 0 radical (unpaired) electrons. The molecule has 1 saturated heterocycles. The molecule has 3 nitrogen and oxygen atoms in total. The minimum atomic E-state index is -0.864. The molecular weight excluding hydrogens is 214 g/mol. The molecule has 3 heteroatoms. The molecule has 0 aromatic heterocycles. The van der Waals surface area contributed by atoms with Crippen LogP contribution in [-0.2, 0) is 11.3 Å². The predicted molar refractivity (Wildman–Crippen MR) is 66.6 cm³/mol. The van der Waals surface area contributed by atoms with E-state index in [0.717, 1.165) is 25.9 Å². The summed E-state index contributed by atoms with van der Waals surface area (Å²) < 4.78 is 0. The first-order valence-electron chi connectivity index (χ1n) is 5.95. The van der Waals surface area contributed by atoms with Crippen molar-refractivity contribution in [1.82, 2.24) is 4.90 Å². The summed E-state index contributed by atoms with van der Waals surface area (Å²) in [6, 6.07) is 10.6. The molecular formula is C14H17NO2. The van der Waals surface area contributed by atoms with Crippen LogP contribution in [0.25, 0.3) is 0 Å². The summed E-state index contributed by atoms with van der Waals surface area (Å²) in [7, 11) is 0. The van der Waals surface area contributed by atoms with Gasteiger partial charge in [-0.2, -0.15) is 0 Å². The van der Waals surface area contributed by atoms with Crippen molar-refractivity contribution in [2.45, 2.75) is 25.4 Å². The Bertz CT molecular complexity index is 400. The largest absolute Gasteiger partial charge is 0.478 e. The fourth-order valence-electron chi connectivity index (χ4n) is 2.28. The molecule has 1 aliphatic rings. The Labute approximate surface area is 101 Å². The fraction of sp³-hybridized carbons (Fsp3) is 0.357. The van der Waals surface area contributed by atoms with Gasteiger partial charge in [0.05, 0.1) is 0 Å². The Hall–Kier alpha value is -1.61. The maximum Gasteiger partial charge on any atom is 0.328 e. The Morgan fingerprint density at radius 3 is 2.88 bits per heavy atom. The minimum Gasteiger partial charge on any atom is -0.478 e. The van der Waals surface area contributed by atoms with Gasteiger partial charge in [-0.25, -0.2) is 4.79 Å². The molecule has 1 aromatic rings.